The lowest BCUT2D eigenvalue weighted by Gasteiger charge is -2.57. The Kier molecular flexibility index (Phi) is 6.58. The normalized spacial score (nSPS) is 42.8. The van der Waals surface area contributed by atoms with Crippen LogP contribution in [0.3, 0.4) is 0 Å². The number of rotatable bonds is 7. The van der Waals surface area contributed by atoms with E-state index in [-0.39, 0.29) is 23.4 Å². The molecule has 0 aliphatic heterocycles. The van der Waals surface area contributed by atoms with Crippen molar-refractivity contribution < 1.29 is 19.4 Å². The standard InChI is InChI=1S/C24H40O4/c1-5-6-7-8-16-15-17-18-9-10-20(25)23(18,2)13-11-19(17)24(3,22(16)27)14-12-21(26)28-4/h16-20,25H,5-15H2,1-4H3/t16-,17-,18-,19-,20-,23-,24+/m0/s1. The monoisotopic (exact) mass is 392 g/mol. The van der Waals surface area contributed by atoms with Crippen molar-refractivity contribution in [3.8, 4) is 0 Å². The van der Waals surface area contributed by atoms with E-state index in [1.54, 1.807) is 0 Å². The summed E-state index contributed by atoms with van der Waals surface area (Å²) < 4.78 is 4.88. The Bertz CT molecular complexity index is 587. The van der Waals surface area contributed by atoms with Crippen LogP contribution in [0.1, 0.15) is 91.4 Å². The molecule has 0 heterocycles. The van der Waals surface area contributed by atoms with Crippen molar-refractivity contribution in [3.05, 3.63) is 0 Å². The topological polar surface area (TPSA) is 63.6 Å². The lowest BCUT2D eigenvalue weighted by Crippen LogP contribution is -2.55. The maximum atomic E-state index is 13.6. The van der Waals surface area contributed by atoms with Gasteiger partial charge in [-0.2, -0.15) is 0 Å². The molecule has 160 valence electrons. The molecule has 0 radical (unpaired) electrons. The first-order valence-corrected chi connectivity index (χ1v) is 11.6. The highest BCUT2D eigenvalue weighted by Gasteiger charge is 2.61. The van der Waals surface area contributed by atoms with Gasteiger partial charge >= 0.3 is 5.97 Å². The molecule has 3 aliphatic carbocycles. The molecule has 3 aliphatic rings. The van der Waals surface area contributed by atoms with Crippen molar-refractivity contribution in [1.82, 2.24) is 0 Å². The van der Waals surface area contributed by atoms with Gasteiger partial charge in [-0.05, 0) is 68.1 Å². The number of fused-ring (bicyclic) bond motifs is 3. The summed E-state index contributed by atoms with van der Waals surface area (Å²) >= 11 is 0. The fourth-order valence-corrected chi connectivity index (χ4v) is 7.13. The van der Waals surface area contributed by atoms with Crippen LogP contribution in [0.15, 0.2) is 0 Å². The smallest absolute Gasteiger partial charge is 0.305 e. The van der Waals surface area contributed by atoms with E-state index in [9.17, 15) is 14.7 Å². The average molecular weight is 393 g/mol. The molecule has 0 aromatic heterocycles. The highest BCUT2D eigenvalue weighted by atomic mass is 16.5. The zero-order valence-electron chi connectivity index (χ0n) is 18.3. The fraction of sp³-hybridized carbons (Fsp3) is 0.917. The van der Waals surface area contributed by atoms with Crippen LogP contribution in [0.25, 0.3) is 0 Å². The number of aliphatic hydroxyl groups excluding tert-OH is 1. The maximum Gasteiger partial charge on any atom is 0.305 e. The molecule has 0 bridgehead atoms. The number of ketones is 1. The number of hydrogen-bond donors (Lipinski definition) is 1. The molecule has 4 nitrogen and oxygen atoms in total. The van der Waals surface area contributed by atoms with Crippen LogP contribution in [0.4, 0.5) is 0 Å². The molecule has 4 heteroatoms. The number of esters is 1. The quantitative estimate of drug-likeness (QED) is 0.493. The summed E-state index contributed by atoms with van der Waals surface area (Å²) in [7, 11) is 1.43. The second-order valence-electron chi connectivity index (χ2n) is 10.3. The minimum Gasteiger partial charge on any atom is -0.469 e. The van der Waals surface area contributed by atoms with Crippen LogP contribution < -0.4 is 0 Å². The van der Waals surface area contributed by atoms with E-state index in [4.69, 9.17) is 4.74 Å². The lowest BCUT2D eigenvalue weighted by molar-refractivity contribution is -0.157. The molecule has 0 unspecified atom stereocenters. The molecule has 28 heavy (non-hydrogen) atoms. The Hall–Kier alpha value is -0.900. The van der Waals surface area contributed by atoms with Crippen LogP contribution in [0.2, 0.25) is 0 Å². The van der Waals surface area contributed by atoms with E-state index in [2.05, 4.69) is 20.8 Å². The Morgan fingerprint density at radius 2 is 1.93 bits per heavy atom. The number of Topliss-reactive ketones (excluding diaryl/α,β-unsaturated/α-hetero) is 1. The summed E-state index contributed by atoms with van der Waals surface area (Å²) in [6.07, 6.45) is 10.2. The van der Waals surface area contributed by atoms with Crippen molar-refractivity contribution in [3.63, 3.8) is 0 Å². The molecule has 0 aromatic rings. The summed E-state index contributed by atoms with van der Waals surface area (Å²) in [6, 6.07) is 0. The third-order valence-electron chi connectivity index (χ3n) is 8.93. The van der Waals surface area contributed by atoms with Gasteiger partial charge in [-0.15, -0.1) is 0 Å². The second kappa shape index (κ2) is 8.45. The highest BCUT2D eigenvalue weighted by Crippen LogP contribution is 2.63. The van der Waals surface area contributed by atoms with Gasteiger partial charge in [0, 0.05) is 17.8 Å². The van der Waals surface area contributed by atoms with E-state index < -0.39 is 5.41 Å². The number of carbonyl (C=O) groups is 2. The SMILES string of the molecule is CCCCC[C@H]1C[C@H]2[C@@H]3CC[C@H](O)[C@@]3(C)CC[C@@H]2[C@@](C)(CCC(=O)OC)C1=O. The Morgan fingerprint density at radius 3 is 2.61 bits per heavy atom. The van der Waals surface area contributed by atoms with Crippen LogP contribution in [-0.2, 0) is 14.3 Å². The zero-order chi connectivity index (χ0) is 20.5. The van der Waals surface area contributed by atoms with Crippen molar-refractivity contribution in [2.75, 3.05) is 7.11 Å². The first-order valence-electron chi connectivity index (χ1n) is 11.6. The molecular weight excluding hydrogens is 352 g/mol. The predicted octanol–water partition coefficient (Wildman–Crippen LogP) is 4.92. The van der Waals surface area contributed by atoms with Crippen LogP contribution in [0.5, 0.6) is 0 Å². The third kappa shape index (κ3) is 3.66. The zero-order valence-corrected chi connectivity index (χ0v) is 18.3. The minimum atomic E-state index is -0.428. The van der Waals surface area contributed by atoms with E-state index in [0.717, 1.165) is 44.9 Å². The summed E-state index contributed by atoms with van der Waals surface area (Å²) in [5.41, 5.74) is -0.415. The van der Waals surface area contributed by atoms with Gasteiger partial charge in [0.2, 0.25) is 0 Å². The largest absolute Gasteiger partial charge is 0.469 e. The summed E-state index contributed by atoms with van der Waals surface area (Å²) in [4.78, 5) is 25.5. The van der Waals surface area contributed by atoms with Crippen LogP contribution in [0, 0.1) is 34.5 Å². The number of hydrogen-bond acceptors (Lipinski definition) is 4. The van der Waals surface area contributed by atoms with Gasteiger partial charge in [0.15, 0.2) is 0 Å². The van der Waals surface area contributed by atoms with Crippen molar-refractivity contribution in [2.24, 2.45) is 34.5 Å². The molecule has 0 amide bonds. The summed E-state index contributed by atoms with van der Waals surface area (Å²) in [5.74, 6) is 1.67. The molecule has 7 atom stereocenters. The number of ether oxygens (including phenoxy) is 1. The molecule has 3 fully saturated rings. The van der Waals surface area contributed by atoms with Gasteiger partial charge in [-0.25, -0.2) is 0 Å². The summed E-state index contributed by atoms with van der Waals surface area (Å²) in [6.45, 7) is 6.61. The summed E-state index contributed by atoms with van der Waals surface area (Å²) in [5, 5.41) is 10.7. The van der Waals surface area contributed by atoms with Crippen LogP contribution in [-0.4, -0.2) is 30.1 Å². The maximum absolute atomic E-state index is 13.6. The highest BCUT2D eigenvalue weighted by molar-refractivity contribution is 5.88. The fourth-order valence-electron chi connectivity index (χ4n) is 7.13. The Balaban J connectivity index is 1.87. The Morgan fingerprint density at radius 1 is 1.18 bits per heavy atom. The number of methoxy groups -OCH3 is 1. The molecule has 3 saturated carbocycles. The minimum absolute atomic E-state index is 0.0127. The number of aliphatic hydroxyl groups is 1. The van der Waals surface area contributed by atoms with E-state index in [1.807, 2.05) is 0 Å². The average Bonchev–Trinajstić information content (AvgIpc) is 2.99. The first-order chi connectivity index (χ1) is 13.3. The molecule has 0 spiro atoms. The van der Waals surface area contributed by atoms with Crippen LogP contribution >= 0.6 is 0 Å². The van der Waals surface area contributed by atoms with Crippen molar-refractivity contribution in [2.45, 2.75) is 97.5 Å². The first kappa shape index (κ1) is 21.8. The van der Waals surface area contributed by atoms with Gasteiger partial charge < -0.3 is 9.84 Å². The molecular formula is C24H40O4. The van der Waals surface area contributed by atoms with E-state index >= 15 is 0 Å². The molecule has 0 saturated heterocycles. The van der Waals surface area contributed by atoms with Gasteiger partial charge in [-0.1, -0.05) is 40.0 Å². The van der Waals surface area contributed by atoms with Gasteiger partial charge in [0.1, 0.15) is 5.78 Å². The van der Waals surface area contributed by atoms with E-state index in [0.29, 0.717) is 36.4 Å². The van der Waals surface area contributed by atoms with Gasteiger partial charge in [0.05, 0.1) is 13.2 Å². The number of unbranched alkanes of at least 4 members (excludes halogenated alkanes) is 2. The lowest BCUT2D eigenvalue weighted by atomic mass is 9.47. The third-order valence-corrected chi connectivity index (χ3v) is 8.93. The van der Waals surface area contributed by atoms with Crippen molar-refractivity contribution in [1.29, 1.82) is 0 Å². The van der Waals surface area contributed by atoms with Gasteiger partial charge in [-0.3, -0.25) is 9.59 Å². The van der Waals surface area contributed by atoms with Gasteiger partial charge in [0.25, 0.3) is 0 Å². The molecule has 0 aromatic carbocycles. The van der Waals surface area contributed by atoms with E-state index in [1.165, 1.54) is 20.0 Å². The predicted molar refractivity (Wildman–Crippen MR) is 110 cm³/mol. The number of carbonyl (C=O) groups excluding carboxylic acids is 2. The Labute approximate surface area is 170 Å². The molecule has 1 N–H and O–H groups in total. The second-order valence-corrected chi connectivity index (χ2v) is 10.3. The molecule has 3 rings (SSSR count). The van der Waals surface area contributed by atoms with Crippen molar-refractivity contribution >= 4 is 11.8 Å².